The van der Waals surface area contributed by atoms with Gasteiger partial charge in [-0.1, -0.05) is 13.3 Å². The molecule has 0 aromatic heterocycles. The zero-order valence-electron chi connectivity index (χ0n) is 11.7. The summed E-state index contributed by atoms with van der Waals surface area (Å²) in [7, 11) is 0. The maximum Gasteiger partial charge on any atom is 0.228 e. The van der Waals surface area contributed by atoms with Crippen molar-refractivity contribution in [2.75, 3.05) is 13.1 Å². The molecule has 3 nitrogen and oxygen atoms in total. The summed E-state index contributed by atoms with van der Waals surface area (Å²) in [5.41, 5.74) is 5.98. The lowest BCUT2D eigenvalue weighted by atomic mass is 9.66. The molecule has 1 aliphatic heterocycles. The van der Waals surface area contributed by atoms with E-state index < -0.39 is 0 Å². The molecule has 1 heterocycles. The molecule has 2 unspecified atom stereocenters. The summed E-state index contributed by atoms with van der Waals surface area (Å²) in [4.78, 5) is 14.7. The average molecular weight is 275 g/mol. The lowest BCUT2D eigenvalue weighted by molar-refractivity contribution is -0.149. The minimum absolute atomic E-state index is 0. The van der Waals surface area contributed by atoms with Crippen molar-refractivity contribution in [3.8, 4) is 0 Å². The number of carbonyl (C=O) groups excluding carboxylic acids is 1. The van der Waals surface area contributed by atoms with Crippen molar-refractivity contribution in [3.05, 3.63) is 0 Å². The van der Waals surface area contributed by atoms with Crippen molar-refractivity contribution >= 4 is 18.3 Å². The van der Waals surface area contributed by atoms with Crippen molar-refractivity contribution in [2.45, 2.75) is 58.4 Å². The van der Waals surface area contributed by atoms with E-state index in [1.807, 2.05) is 0 Å². The third-order valence-electron chi connectivity index (χ3n) is 4.93. The molecule has 2 rings (SSSR count). The summed E-state index contributed by atoms with van der Waals surface area (Å²) in [6.45, 7) is 6.06. The Hall–Kier alpha value is -0.280. The van der Waals surface area contributed by atoms with Gasteiger partial charge in [-0.15, -0.1) is 12.4 Å². The molecule has 106 valence electrons. The molecule has 1 saturated heterocycles. The quantitative estimate of drug-likeness (QED) is 0.860. The maximum absolute atomic E-state index is 12.6. The fourth-order valence-electron chi connectivity index (χ4n) is 3.28. The number of hydrogen-bond donors (Lipinski definition) is 1. The average Bonchev–Trinajstić information content (AvgIpc) is 2.28. The molecule has 0 aromatic carbocycles. The number of amides is 1. The van der Waals surface area contributed by atoms with Gasteiger partial charge in [0.2, 0.25) is 5.91 Å². The van der Waals surface area contributed by atoms with Gasteiger partial charge in [0.15, 0.2) is 0 Å². The summed E-state index contributed by atoms with van der Waals surface area (Å²) >= 11 is 0. The highest BCUT2D eigenvalue weighted by atomic mass is 35.5. The van der Waals surface area contributed by atoms with Crippen molar-refractivity contribution in [2.24, 2.45) is 17.1 Å². The van der Waals surface area contributed by atoms with Crippen LogP contribution in [-0.4, -0.2) is 29.9 Å². The second-order valence-corrected chi connectivity index (χ2v) is 6.00. The predicted molar refractivity (Wildman–Crippen MR) is 76.8 cm³/mol. The normalized spacial score (nSPS) is 27.9. The first-order valence-electron chi connectivity index (χ1n) is 7.14. The van der Waals surface area contributed by atoms with Crippen LogP contribution in [-0.2, 0) is 4.79 Å². The largest absolute Gasteiger partial charge is 0.342 e. The maximum atomic E-state index is 12.6. The molecule has 18 heavy (non-hydrogen) atoms. The van der Waals surface area contributed by atoms with Crippen LogP contribution in [0.2, 0.25) is 0 Å². The number of rotatable bonds is 3. The number of likely N-dealkylation sites (tertiary alicyclic amines) is 1. The Morgan fingerprint density at radius 3 is 2.56 bits per heavy atom. The van der Waals surface area contributed by atoms with Crippen LogP contribution in [0.3, 0.4) is 0 Å². The molecule has 2 fully saturated rings. The van der Waals surface area contributed by atoms with Gasteiger partial charge in [0.05, 0.1) is 0 Å². The number of carbonyl (C=O) groups is 1. The first kappa shape index (κ1) is 15.8. The van der Waals surface area contributed by atoms with Crippen molar-refractivity contribution in [3.63, 3.8) is 0 Å². The minimum Gasteiger partial charge on any atom is -0.342 e. The summed E-state index contributed by atoms with van der Waals surface area (Å²) in [6.07, 6.45) is 6.73. The standard InChI is InChI=1S/C14H26N2O.ClH/c1-3-14(7-5-8-14)13(17)16-9-4-6-12(10-16)11(2)15;/h11-12H,3-10,15H2,1-2H3;1H. The van der Waals surface area contributed by atoms with Crippen LogP contribution in [0.5, 0.6) is 0 Å². The first-order chi connectivity index (χ1) is 8.09. The van der Waals surface area contributed by atoms with Crippen LogP contribution in [0.1, 0.15) is 52.4 Å². The lowest BCUT2D eigenvalue weighted by Crippen LogP contribution is -2.52. The van der Waals surface area contributed by atoms with E-state index in [0.29, 0.717) is 11.8 Å². The fraction of sp³-hybridized carbons (Fsp3) is 0.929. The minimum atomic E-state index is -0.000271. The summed E-state index contributed by atoms with van der Waals surface area (Å²) in [6, 6.07) is 0.213. The van der Waals surface area contributed by atoms with Crippen LogP contribution in [0, 0.1) is 11.3 Å². The zero-order valence-corrected chi connectivity index (χ0v) is 12.5. The zero-order chi connectivity index (χ0) is 12.5. The van der Waals surface area contributed by atoms with Crippen LogP contribution >= 0.6 is 12.4 Å². The summed E-state index contributed by atoms with van der Waals surface area (Å²) in [5.74, 6) is 0.915. The van der Waals surface area contributed by atoms with E-state index >= 15 is 0 Å². The fourth-order valence-corrected chi connectivity index (χ4v) is 3.28. The Labute approximate surface area is 117 Å². The number of halogens is 1. The molecular formula is C14H27ClN2O. The van der Waals surface area contributed by atoms with Gasteiger partial charge in [-0.3, -0.25) is 4.79 Å². The van der Waals surface area contributed by atoms with Gasteiger partial charge in [0.1, 0.15) is 0 Å². The smallest absolute Gasteiger partial charge is 0.228 e. The van der Waals surface area contributed by atoms with E-state index in [2.05, 4.69) is 18.7 Å². The van der Waals surface area contributed by atoms with E-state index in [0.717, 1.165) is 38.8 Å². The number of hydrogen-bond acceptors (Lipinski definition) is 2. The van der Waals surface area contributed by atoms with E-state index in [1.54, 1.807) is 0 Å². The second kappa shape index (κ2) is 6.25. The highest BCUT2D eigenvalue weighted by Gasteiger charge is 2.45. The Morgan fingerprint density at radius 2 is 2.11 bits per heavy atom. The highest BCUT2D eigenvalue weighted by Crippen LogP contribution is 2.45. The number of nitrogens with two attached hydrogens (primary N) is 1. The van der Waals surface area contributed by atoms with Crippen LogP contribution in [0.25, 0.3) is 0 Å². The van der Waals surface area contributed by atoms with E-state index in [1.165, 1.54) is 12.8 Å². The summed E-state index contributed by atoms with van der Waals surface area (Å²) < 4.78 is 0. The number of nitrogens with zero attached hydrogens (tertiary/aromatic N) is 1. The number of piperidine rings is 1. The topological polar surface area (TPSA) is 46.3 Å². The first-order valence-corrected chi connectivity index (χ1v) is 7.14. The molecule has 1 amide bonds. The van der Waals surface area contributed by atoms with Crippen molar-refractivity contribution < 1.29 is 4.79 Å². The molecule has 2 aliphatic rings. The van der Waals surface area contributed by atoms with Gasteiger partial charge in [-0.2, -0.15) is 0 Å². The predicted octanol–water partition coefficient (Wildman–Crippen LogP) is 2.57. The molecule has 0 radical (unpaired) electrons. The molecule has 1 aliphatic carbocycles. The molecule has 1 saturated carbocycles. The molecule has 4 heteroatoms. The highest BCUT2D eigenvalue weighted by molar-refractivity contribution is 5.85. The molecule has 2 atom stereocenters. The van der Waals surface area contributed by atoms with Crippen LogP contribution in [0.15, 0.2) is 0 Å². The third kappa shape index (κ3) is 2.83. The van der Waals surface area contributed by atoms with E-state index in [9.17, 15) is 4.79 Å². The van der Waals surface area contributed by atoms with Gasteiger partial charge >= 0.3 is 0 Å². The summed E-state index contributed by atoms with van der Waals surface area (Å²) in [5, 5.41) is 0. The monoisotopic (exact) mass is 274 g/mol. The van der Waals surface area contributed by atoms with E-state index in [-0.39, 0.29) is 23.9 Å². The third-order valence-corrected chi connectivity index (χ3v) is 4.93. The molecule has 2 N–H and O–H groups in total. The molecule has 0 bridgehead atoms. The van der Waals surface area contributed by atoms with Gasteiger partial charge in [0.25, 0.3) is 0 Å². The Balaban J connectivity index is 0.00000162. The van der Waals surface area contributed by atoms with E-state index in [4.69, 9.17) is 5.73 Å². The van der Waals surface area contributed by atoms with Crippen LogP contribution < -0.4 is 5.73 Å². The Morgan fingerprint density at radius 1 is 1.44 bits per heavy atom. The molecule has 0 spiro atoms. The Bertz CT molecular complexity index is 284. The van der Waals surface area contributed by atoms with Crippen molar-refractivity contribution in [1.82, 2.24) is 4.90 Å². The van der Waals surface area contributed by atoms with Crippen LogP contribution in [0.4, 0.5) is 0 Å². The Kier molecular flexibility index (Phi) is 5.47. The van der Waals surface area contributed by atoms with Gasteiger partial charge in [0, 0.05) is 24.5 Å². The van der Waals surface area contributed by atoms with Gasteiger partial charge < -0.3 is 10.6 Å². The molecule has 0 aromatic rings. The molecular weight excluding hydrogens is 248 g/mol. The van der Waals surface area contributed by atoms with Crippen molar-refractivity contribution in [1.29, 1.82) is 0 Å². The second-order valence-electron chi connectivity index (χ2n) is 6.00. The lowest BCUT2D eigenvalue weighted by Gasteiger charge is -2.45. The van der Waals surface area contributed by atoms with Gasteiger partial charge in [-0.05, 0) is 44.9 Å². The SMILES string of the molecule is CCC1(C(=O)N2CCCC(C(C)N)C2)CCC1.Cl. The van der Waals surface area contributed by atoms with Gasteiger partial charge in [-0.25, -0.2) is 0 Å².